The number of aromatic nitrogens is 5. The Hall–Kier alpha value is -6.20. The Morgan fingerprint density at radius 1 is 0.520 bits per heavy atom. The second-order valence-electron chi connectivity index (χ2n) is 14.4. The van der Waals surface area contributed by atoms with Crippen LogP contribution in [0.25, 0.3) is 88.3 Å². The Balaban J connectivity index is 1.31. The van der Waals surface area contributed by atoms with Crippen molar-refractivity contribution in [1.29, 1.82) is 0 Å². The van der Waals surface area contributed by atoms with Crippen LogP contribution in [0.1, 0.15) is 26.3 Å². The lowest BCUT2D eigenvalue weighted by molar-refractivity contribution is 0.588. The van der Waals surface area contributed by atoms with E-state index in [0.717, 1.165) is 50.5 Å². The van der Waals surface area contributed by atoms with Gasteiger partial charge in [-0.3, -0.25) is 4.57 Å². The highest BCUT2D eigenvalue weighted by Crippen LogP contribution is 2.42. The Bertz CT molecular complexity index is 2980. The number of hydrogen-bond donors (Lipinski definition) is 0. The highest BCUT2D eigenvalue weighted by molar-refractivity contribution is 6.24. The van der Waals surface area contributed by atoms with Crippen LogP contribution in [0.15, 0.2) is 140 Å². The first-order chi connectivity index (χ1) is 24.4. The van der Waals surface area contributed by atoms with Crippen LogP contribution >= 0.6 is 0 Å². The number of pyridine rings is 1. The van der Waals surface area contributed by atoms with Crippen LogP contribution in [0, 0.1) is 0 Å². The summed E-state index contributed by atoms with van der Waals surface area (Å²) >= 11 is 0. The number of benzene rings is 6. The van der Waals surface area contributed by atoms with Crippen molar-refractivity contribution in [1.82, 2.24) is 23.7 Å². The fraction of sp³-hybridized carbons (Fsp3) is 0.111. The van der Waals surface area contributed by atoms with E-state index in [1.165, 1.54) is 43.4 Å². The number of hydrogen-bond acceptors (Lipinski definition) is 2. The van der Waals surface area contributed by atoms with E-state index in [1.54, 1.807) is 0 Å². The topological polar surface area (TPSA) is 40.6 Å². The average Bonchev–Trinajstić information content (AvgIpc) is 3.78. The minimum Gasteiger partial charge on any atom is -0.327 e. The lowest BCUT2D eigenvalue weighted by atomic mass is 9.88. The highest BCUT2D eigenvalue weighted by atomic mass is 15.1. The Labute approximate surface area is 289 Å². The summed E-state index contributed by atoms with van der Waals surface area (Å²) in [6, 6.07) is 48.2. The fourth-order valence-corrected chi connectivity index (χ4v) is 8.03. The number of fused-ring (bicyclic) bond motifs is 9. The molecule has 0 atom stereocenters. The third kappa shape index (κ3) is 4.07. The van der Waals surface area contributed by atoms with Gasteiger partial charge in [0, 0.05) is 46.0 Å². The predicted octanol–water partition coefficient (Wildman–Crippen LogP) is 11.3. The number of nitrogens with zero attached hydrogens (tertiary/aromatic N) is 5. The molecule has 6 aromatic carbocycles. The van der Waals surface area contributed by atoms with E-state index in [4.69, 9.17) is 9.97 Å². The van der Waals surface area contributed by atoms with Crippen LogP contribution in [0.4, 0.5) is 0 Å². The molecule has 10 rings (SSSR count). The summed E-state index contributed by atoms with van der Waals surface area (Å²) in [4.78, 5) is 10.1. The molecular formula is C45H35N5. The highest BCUT2D eigenvalue weighted by Gasteiger charge is 2.22. The fourth-order valence-electron chi connectivity index (χ4n) is 8.03. The summed E-state index contributed by atoms with van der Waals surface area (Å²) < 4.78 is 6.99. The van der Waals surface area contributed by atoms with Crippen LogP contribution < -0.4 is 0 Å². The molecule has 0 radical (unpaired) electrons. The van der Waals surface area contributed by atoms with Crippen molar-refractivity contribution in [3.63, 3.8) is 0 Å². The zero-order chi connectivity index (χ0) is 33.7. The first-order valence-electron chi connectivity index (χ1n) is 17.2. The summed E-state index contributed by atoms with van der Waals surface area (Å²) in [5.41, 5.74) is 10.2. The molecule has 0 aliphatic carbocycles. The number of rotatable bonds is 3. The van der Waals surface area contributed by atoms with Gasteiger partial charge in [-0.05, 0) is 76.3 Å². The van der Waals surface area contributed by atoms with Gasteiger partial charge in [0.1, 0.15) is 11.6 Å². The van der Waals surface area contributed by atoms with Crippen LogP contribution in [0.5, 0.6) is 0 Å². The number of imidazole rings is 1. The van der Waals surface area contributed by atoms with Gasteiger partial charge in [-0.2, -0.15) is 0 Å². The molecule has 0 saturated heterocycles. The van der Waals surface area contributed by atoms with Gasteiger partial charge in [-0.1, -0.05) is 99.6 Å². The van der Waals surface area contributed by atoms with E-state index in [-0.39, 0.29) is 5.41 Å². The summed E-state index contributed by atoms with van der Waals surface area (Å²) in [5.74, 6) is 1.89. The molecule has 5 nitrogen and oxygen atoms in total. The van der Waals surface area contributed by atoms with Gasteiger partial charge in [-0.15, -0.1) is 0 Å². The van der Waals surface area contributed by atoms with Crippen molar-refractivity contribution in [3.8, 4) is 22.9 Å². The number of para-hydroxylation sites is 4. The zero-order valence-electron chi connectivity index (χ0n) is 28.5. The second kappa shape index (κ2) is 10.4. The minimum absolute atomic E-state index is 0.00408. The normalized spacial score (nSPS) is 12.4. The Kier molecular flexibility index (Phi) is 5.99. The molecule has 0 spiro atoms. The van der Waals surface area contributed by atoms with E-state index < -0.39 is 0 Å². The molecule has 0 saturated carbocycles. The molecule has 0 aliphatic heterocycles. The molecule has 0 unspecified atom stereocenters. The van der Waals surface area contributed by atoms with Crippen LogP contribution in [-0.4, -0.2) is 23.7 Å². The van der Waals surface area contributed by atoms with Crippen LogP contribution in [-0.2, 0) is 12.5 Å². The average molecular weight is 646 g/mol. The lowest BCUT2D eigenvalue weighted by Crippen LogP contribution is -2.12. The maximum Gasteiger partial charge on any atom is 0.141 e. The number of aryl methyl sites for hydroxylation is 1. The first-order valence-corrected chi connectivity index (χ1v) is 17.2. The van der Waals surface area contributed by atoms with Crippen LogP contribution in [0.2, 0.25) is 0 Å². The molecule has 0 N–H and O–H groups in total. The minimum atomic E-state index is 0.00408. The van der Waals surface area contributed by atoms with Gasteiger partial charge < -0.3 is 9.13 Å². The molecule has 0 aliphatic rings. The van der Waals surface area contributed by atoms with Gasteiger partial charge in [0.2, 0.25) is 0 Å². The molecule has 5 heteroatoms. The van der Waals surface area contributed by atoms with Gasteiger partial charge in [-0.25, -0.2) is 9.97 Å². The third-order valence-electron chi connectivity index (χ3n) is 10.5. The molecule has 240 valence electrons. The van der Waals surface area contributed by atoms with Gasteiger partial charge in [0.25, 0.3) is 0 Å². The molecule has 0 fully saturated rings. The molecule has 50 heavy (non-hydrogen) atoms. The maximum absolute atomic E-state index is 5.17. The standard InChI is InChI=1S/C45H35N5/c1-45(2,3)28-23-24-46-42(25-28)50-37-18-10-7-14-31(37)32-22-21-29(26-40(32)50)49-38-19-11-8-16-34(38)43-33-15-6-5-13-30(33)35(27-41(43)49)44-47-36-17-9-12-20-39(36)48(44)4/h5-27H,1-4H3. The van der Waals surface area contributed by atoms with Crippen molar-refractivity contribution in [2.75, 3.05) is 0 Å². The van der Waals surface area contributed by atoms with Gasteiger partial charge in [0.05, 0.1) is 33.1 Å². The maximum atomic E-state index is 5.17. The summed E-state index contributed by atoms with van der Waals surface area (Å²) in [7, 11) is 2.12. The van der Waals surface area contributed by atoms with Crippen molar-refractivity contribution < 1.29 is 0 Å². The molecular weight excluding hydrogens is 611 g/mol. The summed E-state index contributed by atoms with van der Waals surface area (Å²) in [6.07, 6.45) is 1.95. The SMILES string of the molecule is Cn1c(-c2cc3c(c4ccccc24)c2ccccc2n3-c2ccc3c4ccccc4n(-c4cc(C(C)(C)C)ccn4)c3c2)nc2ccccc21. The lowest BCUT2D eigenvalue weighted by Gasteiger charge is -2.20. The Morgan fingerprint density at radius 3 is 1.92 bits per heavy atom. The van der Waals surface area contributed by atoms with E-state index in [2.05, 4.69) is 175 Å². The van der Waals surface area contributed by atoms with Gasteiger partial charge >= 0.3 is 0 Å². The van der Waals surface area contributed by atoms with Crippen molar-refractivity contribution in [3.05, 3.63) is 145 Å². The van der Waals surface area contributed by atoms with E-state index in [0.29, 0.717) is 0 Å². The zero-order valence-corrected chi connectivity index (χ0v) is 28.5. The van der Waals surface area contributed by atoms with Crippen molar-refractivity contribution in [2.45, 2.75) is 26.2 Å². The second-order valence-corrected chi connectivity index (χ2v) is 14.4. The largest absolute Gasteiger partial charge is 0.327 e. The molecule has 10 aromatic rings. The van der Waals surface area contributed by atoms with E-state index in [9.17, 15) is 0 Å². The van der Waals surface area contributed by atoms with E-state index >= 15 is 0 Å². The van der Waals surface area contributed by atoms with Crippen molar-refractivity contribution >= 4 is 65.4 Å². The quantitative estimate of drug-likeness (QED) is 0.192. The van der Waals surface area contributed by atoms with Crippen molar-refractivity contribution in [2.24, 2.45) is 7.05 Å². The monoisotopic (exact) mass is 645 g/mol. The smallest absolute Gasteiger partial charge is 0.141 e. The molecule has 0 bridgehead atoms. The molecule has 0 amide bonds. The van der Waals surface area contributed by atoms with Crippen LogP contribution in [0.3, 0.4) is 0 Å². The van der Waals surface area contributed by atoms with Gasteiger partial charge in [0.15, 0.2) is 0 Å². The summed E-state index contributed by atoms with van der Waals surface area (Å²) in [5, 5.41) is 7.32. The Morgan fingerprint density at radius 2 is 1.16 bits per heavy atom. The summed E-state index contributed by atoms with van der Waals surface area (Å²) in [6.45, 7) is 6.76. The molecule has 4 aromatic heterocycles. The third-order valence-corrected chi connectivity index (χ3v) is 10.5. The first kappa shape index (κ1) is 28.8. The molecule has 4 heterocycles. The van der Waals surface area contributed by atoms with E-state index in [1.807, 2.05) is 6.20 Å². The predicted molar refractivity (Wildman–Crippen MR) is 209 cm³/mol.